The lowest BCUT2D eigenvalue weighted by Crippen LogP contribution is -2.05. The number of hydrogen-bond donors (Lipinski definition) is 0. The first kappa shape index (κ1) is 17.4. The Balaban J connectivity index is 1.99. The highest BCUT2D eigenvalue weighted by molar-refractivity contribution is 6.13. The number of hydrogen-bond acceptors (Lipinski definition) is 5. The van der Waals surface area contributed by atoms with E-state index in [0.29, 0.717) is 22.6 Å². The van der Waals surface area contributed by atoms with Crippen LogP contribution >= 0.6 is 0 Å². The van der Waals surface area contributed by atoms with E-state index in [1.165, 1.54) is 31.4 Å². The molecule has 2 aromatic rings. The fourth-order valence-corrected chi connectivity index (χ4v) is 2.41. The molecule has 1 aliphatic rings. The van der Waals surface area contributed by atoms with E-state index in [2.05, 4.69) is 11.6 Å². The van der Waals surface area contributed by atoms with E-state index < -0.39 is 11.8 Å². The molecule has 0 saturated heterocycles. The lowest BCUT2D eigenvalue weighted by atomic mass is 10.1. The second-order valence-corrected chi connectivity index (χ2v) is 5.32. The number of esters is 1. The number of ether oxygens (including phenoxy) is 3. The molecular weight excluding hydrogens is 337 g/mol. The Morgan fingerprint density at radius 2 is 2.08 bits per heavy atom. The molecule has 1 heterocycles. The second-order valence-electron chi connectivity index (χ2n) is 5.32. The zero-order valence-electron chi connectivity index (χ0n) is 14.1. The normalized spacial score (nSPS) is 14.8. The molecule has 132 valence electrons. The van der Waals surface area contributed by atoms with Gasteiger partial charge >= 0.3 is 5.97 Å². The molecule has 0 unspecified atom stereocenters. The summed E-state index contributed by atoms with van der Waals surface area (Å²) < 4.78 is 29.5. The fourth-order valence-electron chi connectivity index (χ4n) is 2.41. The number of rotatable bonds is 6. The van der Waals surface area contributed by atoms with Gasteiger partial charge in [0, 0.05) is 11.1 Å². The van der Waals surface area contributed by atoms with Gasteiger partial charge in [-0.3, -0.25) is 0 Å². The molecule has 0 radical (unpaired) electrons. The number of benzene rings is 2. The summed E-state index contributed by atoms with van der Waals surface area (Å²) in [5.41, 5.74) is 1.07. The average Bonchev–Trinajstić information content (AvgIpc) is 3.01. The van der Waals surface area contributed by atoms with Crippen molar-refractivity contribution in [2.45, 2.75) is 0 Å². The first-order chi connectivity index (χ1) is 12.6. The maximum Gasteiger partial charge on any atom is 0.363 e. The summed E-state index contributed by atoms with van der Waals surface area (Å²) >= 11 is 0. The summed E-state index contributed by atoms with van der Waals surface area (Å²) in [5, 5.41) is 0. The van der Waals surface area contributed by atoms with Gasteiger partial charge in [0.05, 0.1) is 7.11 Å². The van der Waals surface area contributed by atoms with Crippen LogP contribution in [-0.2, 0) is 9.53 Å². The van der Waals surface area contributed by atoms with E-state index in [9.17, 15) is 9.18 Å². The van der Waals surface area contributed by atoms with Gasteiger partial charge in [0.1, 0.15) is 12.4 Å². The van der Waals surface area contributed by atoms with Crippen LogP contribution in [0.2, 0.25) is 0 Å². The van der Waals surface area contributed by atoms with Crippen molar-refractivity contribution >= 4 is 17.9 Å². The molecule has 2 aromatic carbocycles. The number of carbonyl (C=O) groups excluding carboxylic acids is 1. The molecule has 0 saturated carbocycles. The van der Waals surface area contributed by atoms with Crippen molar-refractivity contribution in [3.8, 4) is 11.5 Å². The molecule has 26 heavy (non-hydrogen) atoms. The Kier molecular flexibility index (Phi) is 5.12. The molecule has 6 heteroatoms. The SMILES string of the molecule is C=CCOc1c(/C=C2\N=C(c3cccc(F)c3)OC2=O)cccc1OC. The van der Waals surface area contributed by atoms with Crippen LogP contribution in [0.3, 0.4) is 0 Å². The number of cyclic esters (lactones) is 1. The second kappa shape index (κ2) is 7.65. The lowest BCUT2D eigenvalue weighted by molar-refractivity contribution is -0.129. The maximum atomic E-state index is 13.4. The van der Waals surface area contributed by atoms with Crippen LogP contribution in [0.1, 0.15) is 11.1 Å². The van der Waals surface area contributed by atoms with Crippen molar-refractivity contribution in [1.29, 1.82) is 0 Å². The summed E-state index contributed by atoms with van der Waals surface area (Å²) in [6, 6.07) is 11.0. The topological polar surface area (TPSA) is 57.1 Å². The van der Waals surface area contributed by atoms with Crippen molar-refractivity contribution < 1.29 is 23.4 Å². The van der Waals surface area contributed by atoms with Crippen LogP contribution in [0.15, 0.2) is 65.8 Å². The quantitative estimate of drug-likeness (QED) is 0.451. The van der Waals surface area contributed by atoms with E-state index in [1.807, 2.05) is 0 Å². The van der Waals surface area contributed by atoms with E-state index in [0.717, 1.165) is 0 Å². The smallest absolute Gasteiger partial charge is 0.363 e. The van der Waals surface area contributed by atoms with Crippen LogP contribution in [0.4, 0.5) is 4.39 Å². The number of aliphatic imine (C=N–C) groups is 1. The fraction of sp³-hybridized carbons (Fsp3) is 0.100. The predicted octanol–water partition coefficient (Wildman–Crippen LogP) is 3.74. The van der Waals surface area contributed by atoms with Crippen LogP contribution in [0.25, 0.3) is 6.08 Å². The monoisotopic (exact) mass is 353 g/mol. The van der Waals surface area contributed by atoms with Gasteiger partial charge in [-0.25, -0.2) is 14.2 Å². The largest absolute Gasteiger partial charge is 0.493 e. The van der Waals surface area contributed by atoms with Gasteiger partial charge in [0.15, 0.2) is 17.2 Å². The minimum Gasteiger partial charge on any atom is -0.493 e. The highest BCUT2D eigenvalue weighted by Crippen LogP contribution is 2.33. The van der Waals surface area contributed by atoms with Crippen molar-refractivity contribution in [1.82, 2.24) is 0 Å². The van der Waals surface area contributed by atoms with Gasteiger partial charge in [-0.05, 0) is 30.3 Å². The summed E-state index contributed by atoms with van der Waals surface area (Å²) in [6.45, 7) is 3.90. The number of halogens is 1. The minimum atomic E-state index is -0.623. The van der Waals surface area contributed by atoms with Crippen LogP contribution < -0.4 is 9.47 Å². The van der Waals surface area contributed by atoms with E-state index in [1.54, 1.807) is 30.3 Å². The molecule has 1 aliphatic heterocycles. The summed E-state index contributed by atoms with van der Waals surface area (Å²) in [4.78, 5) is 16.3. The molecule has 0 amide bonds. The summed E-state index contributed by atoms with van der Waals surface area (Å²) in [7, 11) is 1.52. The Labute approximate surface area is 150 Å². The zero-order chi connectivity index (χ0) is 18.5. The average molecular weight is 353 g/mol. The lowest BCUT2D eigenvalue weighted by Gasteiger charge is -2.12. The van der Waals surface area contributed by atoms with Crippen molar-refractivity contribution in [3.05, 3.63) is 77.8 Å². The molecule has 0 aromatic heterocycles. The Hall–Kier alpha value is -3.41. The third-order valence-electron chi connectivity index (χ3n) is 3.56. The molecule has 5 nitrogen and oxygen atoms in total. The highest BCUT2D eigenvalue weighted by Gasteiger charge is 2.25. The Bertz CT molecular complexity index is 918. The van der Waals surface area contributed by atoms with Crippen LogP contribution in [0.5, 0.6) is 11.5 Å². The molecule has 0 spiro atoms. The predicted molar refractivity (Wildman–Crippen MR) is 95.7 cm³/mol. The van der Waals surface area contributed by atoms with Crippen LogP contribution in [-0.4, -0.2) is 25.6 Å². The van der Waals surface area contributed by atoms with Gasteiger partial charge in [0.25, 0.3) is 0 Å². The van der Waals surface area contributed by atoms with Gasteiger partial charge in [0.2, 0.25) is 5.90 Å². The molecule has 0 aliphatic carbocycles. The van der Waals surface area contributed by atoms with Crippen molar-refractivity contribution in [2.75, 3.05) is 13.7 Å². The van der Waals surface area contributed by atoms with Gasteiger partial charge in [-0.1, -0.05) is 30.9 Å². The molecule has 3 rings (SSSR count). The number of carbonyl (C=O) groups is 1. The molecule has 0 atom stereocenters. The molecule has 0 bridgehead atoms. The zero-order valence-corrected chi connectivity index (χ0v) is 14.1. The first-order valence-electron chi connectivity index (χ1n) is 7.81. The minimum absolute atomic E-state index is 0.0530. The molecule has 0 N–H and O–H groups in total. The number of nitrogens with zero attached hydrogens (tertiary/aromatic N) is 1. The Morgan fingerprint density at radius 1 is 1.27 bits per heavy atom. The van der Waals surface area contributed by atoms with E-state index in [4.69, 9.17) is 14.2 Å². The summed E-state index contributed by atoms with van der Waals surface area (Å²) in [5.74, 6) is -0.0305. The third-order valence-corrected chi connectivity index (χ3v) is 3.56. The number of methoxy groups -OCH3 is 1. The van der Waals surface area contributed by atoms with E-state index >= 15 is 0 Å². The maximum absolute atomic E-state index is 13.4. The van der Waals surface area contributed by atoms with E-state index in [-0.39, 0.29) is 18.2 Å². The van der Waals surface area contributed by atoms with Gasteiger partial charge in [-0.2, -0.15) is 0 Å². The summed E-state index contributed by atoms with van der Waals surface area (Å²) in [6.07, 6.45) is 3.14. The number of para-hydroxylation sites is 1. The Morgan fingerprint density at radius 3 is 2.81 bits per heavy atom. The van der Waals surface area contributed by atoms with Gasteiger partial charge < -0.3 is 14.2 Å². The third kappa shape index (κ3) is 3.64. The molecule has 0 fully saturated rings. The first-order valence-corrected chi connectivity index (χ1v) is 7.81. The standard InChI is InChI=1S/C20H16FNO4/c1-3-10-25-18-13(6-5-9-17(18)24-2)12-16-20(23)26-19(22-16)14-7-4-8-15(21)11-14/h3-9,11-12H,1,10H2,2H3/b16-12-. The van der Waals surface area contributed by atoms with Gasteiger partial charge in [-0.15, -0.1) is 0 Å². The van der Waals surface area contributed by atoms with Crippen LogP contribution in [0, 0.1) is 5.82 Å². The molecular formula is C20H16FNO4. The van der Waals surface area contributed by atoms with Crippen molar-refractivity contribution in [2.24, 2.45) is 4.99 Å². The van der Waals surface area contributed by atoms with Crippen molar-refractivity contribution in [3.63, 3.8) is 0 Å². The highest BCUT2D eigenvalue weighted by atomic mass is 19.1.